The lowest BCUT2D eigenvalue weighted by molar-refractivity contribution is 0.0672. The summed E-state index contributed by atoms with van der Waals surface area (Å²) in [5.74, 6) is 1.38. The van der Waals surface area contributed by atoms with Crippen LogP contribution in [0.1, 0.15) is 40.5 Å². The molecule has 0 bridgehead atoms. The Morgan fingerprint density at radius 1 is 1.15 bits per heavy atom. The molecule has 0 aromatic carbocycles. The van der Waals surface area contributed by atoms with E-state index in [1.54, 1.807) is 0 Å². The highest BCUT2D eigenvalue weighted by Crippen LogP contribution is 2.14. The first-order valence-corrected chi connectivity index (χ1v) is 5.38. The molecule has 0 aliphatic heterocycles. The Labute approximate surface area is 82.8 Å². The van der Waals surface area contributed by atoms with Crippen LogP contribution in [0.15, 0.2) is 0 Å². The van der Waals surface area contributed by atoms with E-state index < -0.39 is 0 Å². The van der Waals surface area contributed by atoms with E-state index in [9.17, 15) is 0 Å². The molecule has 13 heavy (non-hydrogen) atoms. The van der Waals surface area contributed by atoms with Crippen LogP contribution in [0, 0.1) is 11.8 Å². The van der Waals surface area contributed by atoms with E-state index in [0.29, 0.717) is 12.0 Å². The molecule has 0 amide bonds. The third-order valence-electron chi connectivity index (χ3n) is 2.12. The van der Waals surface area contributed by atoms with Gasteiger partial charge in [-0.3, -0.25) is 0 Å². The topological polar surface area (TPSA) is 35.2 Å². The standard InChI is InChI=1S/C11H25NO/c1-9(2)7-11(8-12)5-6-13-10(3)4/h9-11H,5-8,12H2,1-4H3. The van der Waals surface area contributed by atoms with Gasteiger partial charge in [0.25, 0.3) is 0 Å². The zero-order valence-electron chi connectivity index (χ0n) is 9.55. The lowest BCUT2D eigenvalue weighted by Gasteiger charge is -2.17. The van der Waals surface area contributed by atoms with Crippen LogP contribution in [-0.2, 0) is 4.74 Å². The van der Waals surface area contributed by atoms with Gasteiger partial charge in [0.2, 0.25) is 0 Å². The van der Waals surface area contributed by atoms with Gasteiger partial charge >= 0.3 is 0 Å². The number of ether oxygens (including phenoxy) is 1. The smallest absolute Gasteiger partial charge is 0.0518 e. The van der Waals surface area contributed by atoms with E-state index in [1.807, 2.05) is 0 Å². The van der Waals surface area contributed by atoms with E-state index in [4.69, 9.17) is 10.5 Å². The van der Waals surface area contributed by atoms with Crippen LogP contribution in [0.25, 0.3) is 0 Å². The van der Waals surface area contributed by atoms with E-state index in [0.717, 1.165) is 25.5 Å². The van der Waals surface area contributed by atoms with Crippen molar-refractivity contribution in [2.75, 3.05) is 13.2 Å². The molecular formula is C11H25NO. The fourth-order valence-electron chi connectivity index (χ4n) is 1.47. The molecule has 0 aromatic heterocycles. The Morgan fingerprint density at radius 3 is 2.15 bits per heavy atom. The summed E-state index contributed by atoms with van der Waals surface area (Å²) in [6, 6.07) is 0. The van der Waals surface area contributed by atoms with E-state index in [2.05, 4.69) is 27.7 Å². The van der Waals surface area contributed by atoms with Crippen molar-refractivity contribution in [3.05, 3.63) is 0 Å². The summed E-state index contributed by atoms with van der Waals surface area (Å²) >= 11 is 0. The molecule has 0 radical (unpaired) electrons. The predicted molar refractivity (Wildman–Crippen MR) is 57.7 cm³/mol. The van der Waals surface area contributed by atoms with Crippen molar-refractivity contribution in [3.63, 3.8) is 0 Å². The quantitative estimate of drug-likeness (QED) is 0.664. The molecule has 0 rings (SSSR count). The normalized spacial score (nSPS) is 14.1. The molecule has 0 fully saturated rings. The molecule has 0 aromatic rings. The van der Waals surface area contributed by atoms with Crippen LogP contribution >= 0.6 is 0 Å². The number of nitrogens with two attached hydrogens (primary N) is 1. The third-order valence-corrected chi connectivity index (χ3v) is 2.12. The third kappa shape index (κ3) is 8.26. The zero-order valence-corrected chi connectivity index (χ0v) is 9.55. The van der Waals surface area contributed by atoms with Crippen molar-refractivity contribution < 1.29 is 4.74 Å². The van der Waals surface area contributed by atoms with Gasteiger partial charge in [0, 0.05) is 6.61 Å². The van der Waals surface area contributed by atoms with Crippen molar-refractivity contribution in [1.29, 1.82) is 0 Å². The van der Waals surface area contributed by atoms with E-state index >= 15 is 0 Å². The monoisotopic (exact) mass is 187 g/mol. The van der Waals surface area contributed by atoms with Gasteiger partial charge in [-0.1, -0.05) is 13.8 Å². The van der Waals surface area contributed by atoms with Gasteiger partial charge in [-0.15, -0.1) is 0 Å². The van der Waals surface area contributed by atoms with Crippen molar-refractivity contribution in [1.82, 2.24) is 0 Å². The van der Waals surface area contributed by atoms with Gasteiger partial charge in [0.05, 0.1) is 6.10 Å². The largest absolute Gasteiger partial charge is 0.379 e. The highest BCUT2D eigenvalue weighted by atomic mass is 16.5. The van der Waals surface area contributed by atoms with Crippen LogP contribution < -0.4 is 5.73 Å². The molecule has 0 saturated heterocycles. The molecule has 0 saturated carbocycles. The summed E-state index contributed by atoms with van der Waals surface area (Å²) in [6.45, 7) is 10.3. The maximum atomic E-state index is 5.68. The Balaban J connectivity index is 3.48. The van der Waals surface area contributed by atoms with Crippen LogP contribution in [0.2, 0.25) is 0 Å². The molecule has 80 valence electrons. The average molecular weight is 187 g/mol. The van der Waals surface area contributed by atoms with Crippen molar-refractivity contribution >= 4 is 0 Å². The second-order valence-corrected chi connectivity index (χ2v) is 4.44. The molecule has 0 aliphatic carbocycles. The first-order chi connectivity index (χ1) is 6.06. The summed E-state index contributed by atoms with van der Waals surface area (Å²) in [4.78, 5) is 0. The lowest BCUT2D eigenvalue weighted by Crippen LogP contribution is -2.19. The summed E-state index contributed by atoms with van der Waals surface area (Å²) in [7, 11) is 0. The van der Waals surface area contributed by atoms with Gasteiger partial charge in [0.15, 0.2) is 0 Å². The van der Waals surface area contributed by atoms with Crippen molar-refractivity contribution in [3.8, 4) is 0 Å². The van der Waals surface area contributed by atoms with Crippen LogP contribution in [-0.4, -0.2) is 19.3 Å². The Hall–Kier alpha value is -0.0800. The second-order valence-electron chi connectivity index (χ2n) is 4.44. The van der Waals surface area contributed by atoms with Gasteiger partial charge in [-0.25, -0.2) is 0 Å². The summed E-state index contributed by atoms with van der Waals surface area (Å²) < 4.78 is 5.50. The molecule has 0 aliphatic rings. The lowest BCUT2D eigenvalue weighted by atomic mass is 9.95. The highest BCUT2D eigenvalue weighted by Gasteiger charge is 2.08. The first-order valence-electron chi connectivity index (χ1n) is 5.38. The number of hydrogen-bond acceptors (Lipinski definition) is 2. The summed E-state index contributed by atoms with van der Waals surface area (Å²) in [5.41, 5.74) is 5.68. The van der Waals surface area contributed by atoms with E-state index in [-0.39, 0.29) is 0 Å². The van der Waals surface area contributed by atoms with Gasteiger partial charge in [-0.05, 0) is 45.1 Å². The second kappa shape index (κ2) is 7.34. The Bertz CT molecular complexity index is 113. The molecule has 0 heterocycles. The Kier molecular flexibility index (Phi) is 7.29. The van der Waals surface area contributed by atoms with Crippen LogP contribution in [0.3, 0.4) is 0 Å². The van der Waals surface area contributed by atoms with Crippen LogP contribution in [0.5, 0.6) is 0 Å². The maximum absolute atomic E-state index is 5.68. The van der Waals surface area contributed by atoms with Crippen molar-refractivity contribution in [2.45, 2.75) is 46.6 Å². The summed E-state index contributed by atoms with van der Waals surface area (Å²) in [6.07, 6.45) is 2.67. The minimum absolute atomic E-state index is 0.345. The minimum Gasteiger partial charge on any atom is -0.379 e. The first kappa shape index (κ1) is 12.9. The van der Waals surface area contributed by atoms with Gasteiger partial charge in [0.1, 0.15) is 0 Å². The zero-order chi connectivity index (χ0) is 10.3. The summed E-state index contributed by atoms with van der Waals surface area (Å²) in [5, 5.41) is 0. The number of rotatable bonds is 7. The molecule has 1 unspecified atom stereocenters. The fourth-order valence-corrected chi connectivity index (χ4v) is 1.47. The maximum Gasteiger partial charge on any atom is 0.0518 e. The van der Waals surface area contributed by atoms with Gasteiger partial charge in [-0.2, -0.15) is 0 Å². The van der Waals surface area contributed by atoms with Gasteiger partial charge < -0.3 is 10.5 Å². The molecular weight excluding hydrogens is 162 g/mol. The van der Waals surface area contributed by atoms with Crippen LogP contribution in [0.4, 0.5) is 0 Å². The molecule has 2 heteroatoms. The SMILES string of the molecule is CC(C)CC(CN)CCOC(C)C. The molecule has 1 atom stereocenters. The van der Waals surface area contributed by atoms with Crippen molar-refractivity contribution in [2.24, 2.45) is 17.6 Å². The fraction of sp³-hybridized carbons (Fsp3) is 1.00. The molecule has 2 N–H and O–H groups in total. The molecule has 2 nitrogen and oxygen atoms in total. The Morgan fingerprint density at radius 2 is 1.77 bits per heavy atom. The van der Waals surface area contributed by atoms with E-state index in [1.165, 1.54) is 6.42 Å². The average Bonchev–Trinajstić information content (AvgIpc) is 2.01. The molecule has 0 spiro atoms. The highest BCUT2D eigenvalue weighted by molar-refractivity contribution is 4.62. The number of hydrogen-bond donors (Lipinski definition) is 1. The minimum atomic E-state index is 0.345. The predicted octanol–water partition coefficient (Wildman–Crippen LogP) is 2.42.